The van der Waals surface area contributed by atoms with Crippen molar-refractivity contribution in [2.75, 3.05) is 20.2 Å². The van der Waals surface area contributed by atoms with Crippen molar-refractivity contribution in [2.45, 2.75) is 39.2 Å². The third-order valence-corrected chi connectivity index (χ3v) is 5.43. The van der Waals surface area contributed by atoms with Crippen molar-refractivity contribution in [1.29, 1.82) is 5.26 Å². The number of methoxy groups -OCH3 is 1. The highest BCUT2D eigenvalue weighted by Gasteiger charge is 2.56. The molecular formula is C18H23ClN2O4. The lowest BCUT2D eigenvalue weighted by Gasteiger charge is -2.57. The highest BCUT2D eigenvalue weighted by atomic mass is 35.5. The zero-order valence-electron chi connectivity index (χ0n) is 15.1. The fraction of sp³-hybridized carbons (Fsp3) is 0.556. The van der Waals surface area contributed by atoms with Crippen LogP contribution in [-0.4, -0.2) is 41.4 Å². The zero-order chi connectivity index (χ0) is 19.2. The highest BCUT2D eigenvalue weighted by Crippen LogP contribution is 2.54. The first-order valence-electron chi connectivity index (χ1n) is 7.97. The maximum Gasteiger partial charge on any atom is 0.407 e. The third-order valence-electron chi connectivity index (χ3n) is 5.13. The van der Waals surface area contributed by atoms with Crippen molar-refractivity contribution in [3.8, 4) is 11.8 Å². The fourth-order valence-electron chi connectivity index (χ4n) is 3.50. The van der Waals surface area contributed by atoms with E-state index in [0.29, 0.717) is 16.9 Å². The van der Waals surface area contributed by atoms with Crippen LogP contribution in [0.4, 0.5) is 4.79 Å². The number of halogens is 1. The SMILES string of the molecule is COc1c(C(C)O)cc(Cl)c(C#N)c1C1(C(C)(C)C)CN(C(=O)O)C1. The lowest BCUT2D eigenvalue weighted by molar-refractivity contribution is -0.00496. The first-order valence-corrected chi connectivity index (χ1v) is 8.35. The summed E-state index contributed by atoms with van der Waals surface area (Å²) in [6.07, 6.45) is -1.85. The minimum atomic E-state index is -1.00. The molecule has 0 aromatic heterocycles. The minimum absolute atomic E-state index is 0.228. The van der Waals surface area contributed by atoms with E-state index in [0.717, 1.165) is 0 Å². The molecule has 2 rings (SSSR count). The Hall–Kier alpha value is -1.97. The molecule has 1 aliphatic rings. The van der Waals surface area contributed by atoms with Gasteiger partial charge in [-0.25, -0.2) is 4.79 Å². The molecular weight excluding hydrogens is 344 g/mol. The first-order chi connectivity index (χ1) is 11.5. The second-order valence-electron chi connectivity index (χ2n) is 7.49. The average Bonchev–Trinajstić information content (AvgIpc) is 2.43. The molecule has 1 heterocycles. The van der Waals surface area contributed by atoms with Gasteiger partial charge in [0.05, 0.1) is 23.8 Å². The van der Waals surface area contributed by atoms with Gasteiger partial charge in [0.15, 0.2) is 0 Å². The molecule has 1 aliphatic heterocycles. The molecule has 1 saturated heterocycles. The number of ether oxygens (including phenoxy) is 1. The molecule has 2 N–H and O–H groups in total. The Balaban J connectivity index is 2.82. The topological polar surface area (TPSA) is 93.8 Å². The second kappa shape index (κ2) is 6.40. The summed E-state index contributed by atoms with van der Waals surface area (Å²) in [5.41, 5.74) is 0.321. The molecule has 136 valence electrons. The summed E-state index contributed by atoms with van der Waals surface area (Å²) >= 11 is 6.32. The molecule has 1 unspecified atom stereocenters. The van der Waals surface area contributed by atoms with E-state index in [1.165, 1.54) is 18.1 Å². The van der Waals surface area contributed by atoms with E-state index in [9.17, 15) is 20.3 Å². The summed E-state index contributed by atoms with van der Waals surface area (Å²) in [7, 11) is 1.48. The molecule has 7 heteroatoms. The molecule has 1 atom stereocenters. The minimum Gasteiger partial charge on any atom is -0.496 e. The molecule has 6 nitrogen and oxygen atoms in total. The van der Waals surface area contributed by atoms with Crippen molar-refractivity contribution in [1.82, 2.24) is 4.90 Å². The van der Waals surface area contributed by atoms with Gasteiger partial charge in [-0.3, -0.25) is 0 Å². The molecule has 1 amide bonds. The predicted octanol–water partition coefficient (Wildman–Crippen LogP) is 3.55. The van der Waals surface area contributed by atoms with E-state index in [1.54, 1.807) is 6.92 Å². The molecule has 1 fully saturated rings. The largest absolute Gasteiger partial charge is 0.496 e. The lowest BCUT2D eigenvalue weighted by atomic mass is 9.57. The van der Waals surface area contributed by atoms with Crippen LogP contribution < -0.4 is 4.74 Å². The number of nitriles is 1. The number of likely N-dealkylation sites (tertiary alicyclic amines) is 1. The summed E-state index contributed by atoms with van der Waals surface area (Å²) in [4.78, 5) is 12.6. The average molecular weight is 367 g/mol. The number of carboxylic acid groups (broad SMARTS) is 1. The quantitative estimate of drug-likeness (QED) is 0.853. The van der Waals surface area contributed by atoms with Crippen LogP contribution in [0.25, 0.3) is 0 Å². The number of nitrogens with zero attached hydrogens (tertiary/aromatic N) is 2. The van der Waals surface area contributed by atoms with Crippen LogP contribution in [0.1, 0.15) is 50.5 Å². The molecule has 0 radical (unpaired) electrons. The van der Waals surface area contributed by atoms with Crippen molar-refractivity contribution in [3.05, 3.63) is 27.8 Å². The maximum atomic E-state index is 11.3. The molecule has 25 heavy (non-hydrogen) atoms. The Bertz CT molecular complexity index is 741. The van der Waals surface area contributed by atoms with Gasteiger partial charge in [-0.05, 0) is 18.4 Å². The van der Waals surface area contributed by atoms with E-state index in [-0.39, 0.29) is 29.1 Å². The number of amides is 1. The molecule has 0 aliphatic carbocycles. The van der Waals surface area contributed by atoms with Crippen LogP contribution in [0.2, 0.25) is 5.02 Å². The van der Waals surface area contributed by atoms with Gasteiger partial charge in [0.1, 0.15) is 11.8 Å². The summed E-state index contributed by atoms with van der Waals surface area (Å²) in [6, 6.07) is 3.67. The van der Waals surface area contributed by atoms with Crippen LogP contribution in [0, 0.1) is 16.7 Å². The number of benzene rings is 1. The smallest absolute Gasteiger partial charge is 0.407 e. The van der Waals surface area contributed by atoms with E-state index >= 15 is 0 Å². The molecule has 0 bridgehead atoms. The van der Waals surface area contributed by atoms with E-state index < -0.39 is 17.6 Å². The summed E-state index contributed by atoms with van der Waals surface area (Å²) < 4.78 is 5.57. The second-order valence-corrected chi connectivity index (χ2v) is 7.90. The van der Waals surface area contributed by atoms with Gasteiger partial charge in [-0.15, -0.1) is 0 Å². The molecule has 0 saturated carbocycles. The fourth-order valence-corrected chi connectivity index (χ4v) is 3.75. The standard InChI is InChI=1S/C18H23ClN2O4/c1-10(22)11-6-13(19)12(7-20)14(15(11)25-5)18(17(2,3)4)8-21(9-18)16(23)24/h6,10,22H,8-9H2,1-5H3,(H,23,24). The van der Waals surface area contributed by atoms with Crippen LogP contribution in [-0.2, 0) is 5.41 Å². The molecule has 1 aromatic carbocycles. The zero-order valence-corrected chi connectivity index (χ0v) is 15.8. The summed E-state index contributed by atoms with van der Waals surface area (Å²) in [5, 5.41) is 29.3. The number of carbonyl (C=O) groups is 1. The molecule has 0 spiro atoms. The van der Waals surface area contributed by atoms with Gasteiger partial charge in [0, 0.05) is 29.6 Å². The number of aliphatic hydroxyl groups is 1. The van der Waals surface area contributed by atoms with Crippen LogP contribution >= 0.6 is 11.6 Å². The number of rotatable bonds is 3. The monoisotopic (exact) mass is 366 g/mol. The number of hydrogen-bond donors (Lipinski definition) is 2. The number of aliphatic hydroxyl groups excluding tert-OH is 1. The Morgan fingerprint density at radius 1 is 1.48 bits per heavy atom. The summed E-state index contributed by atoms with van der Waals surface area (Å²) in [5.74, 6) is 0.399. The Kier molecular flexibility index (Phi) is 4.95. The van der Waals surface area contributed by atoms with Crippen molar-refractivity contribution < 1.29 is 19.7 Å². The normalized spacial score (nSPS) is 17.4. The van der Waals surface area contributed by atoms with E-state index in [2.05, 4.69) is 6.07 Å². The first kappa shape index (κ1) is 19.4. The van der Waals surface area contributed by atoms with Crippen molar-refractivity contribution in [3.63, 3.8) is 0 Å². The van der Waals surface area contributed by atoms with Gasteiger partial charge < -0.3 is 19.8 Å². The Morgan fingerprint density at radius 2 is 2.04 bits per heavy atom. The van der Waals surface area contributed by atoms with Gasteiger partial charge in [-0.2, -0.15) is 5.26 Å². The van der Waals surface area contributed by atoms with Crippen LogP contribution in [0.5, 0.6) is 5.75 Å². The van der Waals surface area contributed by atoms with Crippen LogP contribution in [0.3, 0.4) is 0 Å². The van der Waals surface area contributed by atoms with E-state index in [4.69, 9.17) is 16.3 Å². The highest BCUT2D eigenvalue weighted by molar-refractivity contribution is 6.32. The molecule has 1 aromatic rings. The maximum absolute atomic E-state index is 11.3. The van der Waals surface area contributed by atoms with E-state index in [1.807, 2.05) is 20.8 Å². The van der Waals surface area contributed by atoms with Gasteiger partial charge in [-0.1, -0.05) is 32.4 Å². The lowest BCUT2D eigenvalue weighted by Crippen LogP contribution is -2.66. The number of hydrogen-bond acceptors (Lipinski definition) is 4. The Morgan fingerprint density at radius 3 is 2.40 bits per heavy atom. The van der Waals surface area contributed by atoms with Crippen molar-refractivity contribution >= 4 is 17.7 Å². The predicted molar refractivity (Wildman–Crippen MR) is 94.1 cm³/mol. The van der Waals surface area contributed by atoms with Gasteiger partial charge in [0.25, 0.3) is 0 Å². The Labute approximate surface area is 152 Å². The van der Waals surface area contributed by atoms with Crippen LogP contribution in [0.15, 0.2) is 6.07 Å². The van der Waals surface area contributed by atoms with Gasteiger partial charge >= 0.3 is 6.09 Å². The van der Waals surface area contributed by atoms with Crippen molar-refractivity contribution in [2.24, 2.45) is 5.41 Å². The summed E-state index contributed by atoms with van der Waals surface area (Å²) in [6.45, 7) is 8.05. The van der Waals surface area contributed by atoms with Gasteiger partial charge in [0.2, 0.25) is 0 Å². The third kappa shape index (κ3) is 2.92.